The van der Waals surface area contributed by atoms with E-state index in [0.29, 0.717) is 12.6 Å². The maximum Gasteiger partial charge on any atom is 0.225 e. The van der Waals surface area contributed by atoms with Crippen LogP contribution in [0.25, 0.3) is 0 Å². The topological polar surface area (TPSA) is 50.4 Å². The van der Waals surface area contributed by atoms with Gasteiger partial charge in [0.2, 0.25) is 5.91 Å². The first kappa shape index (κ1) is 11.5. The maximum atomic E-state index is 12.1. The molecule has 0 aromatic rings. The van der Waals surface area contributed by atoms with E-state index in [-0.39, 0.29) is 17.4 Å². The van der Waals surface area contributed by atoms with Gasteiger partial charge < -0.3 is 15.4 Å². The second-order valence-electron chi connectivity index (χ2n) is 5.78. The van der Waals surface area contributed by atoms with E-state index in [2.05, 4.69) is 10.6 Å². The minimum atomic E-state index is 0.00682. The van der Waals surface area contributed by atoms with Crippen LogP contribution in [0, 0.1) is 5.92 Å². The third kappa shape index (κ3) is 2.33. The highest BCUT2D eigenvalue weighted by atomic mass is 16.5. The fourth-order valence-electron chi connectivity index (χ4n) is 3.12. The van der Waals surface area contributed by atoms with Gasteiger partial charge in [0.25, 0.3) is 0 Å². The number of piperidine rings is 1. The van der Waals surface area contributed by atoms with Crippen LogP contribution in [-0.4, -0.2) is 37.2 Å². The lowest BCUT2D eigenvalue weighted by molar-refractivity contribution is -0.126. The molecule has 0 unspecified atom stereocenters. The Morgan fingerprint density at radius 1 is 1.29 bits per heavy atom. The second-order valence-corrected chi connectivity index (χ2v) is 5.78. The number of hydrogen-bond donors (Lipinski definition) is 2. The van der Waals surface area contributed by atoms with Gasteiger partial charge in [0, 0.05) is 6.04 Å². The van der Waals surface area contributed by atoms with E-state index in [4.69, 9.17) is 4.74 Å². The predicted molar refractivity (Wildman–Crippen MR) is 64.7 cm³/mol. The van der Waals surface area contributed by atoms with E-state index in [0.717, 1.165) is 45.2 Å². The Morgan fingerprint density at radius 3 is 2.71 bits per heavy atom. The molecule has 1 amide bonds. The highest BCUT2D eigenvalue weighted by Gasteiger charge is 2.43. The molecule has 17 heavy (non-hydrogen) atoms. The Morgan fingerprint density at radius 2 is 2.06 bits per heavy atom. The van der Waals surface area contributed by atoms with E-state index in [1.54, 1.807) is 0 Å². The van der Waals surface area contributed by atoms with Crippen LogP contribution in [-0.2, 0) is 9.53 Å². The molecule has 3 rings (SSSR count). The summed E-state index contributed by atoms with van der Waals surface area (Å²) in [5, 5.41) is 6.50. The Kier molecular flexibility index (Phi) is 3.09. The maximum absolute atomic E-state index is 12.1. The number of hydrogen-bond acceptors (Lipinski definition) is 3. The first-order chi connectivity index (χ1) is 8.27. The van der Waals surface area contributed by atoms with Crippen LogP contribution in [0.15, 0.2) is 0 Å². The third-order valence-electron chi connectivity index (χ3n) is 4.55. The van der Waals surface area contributed by atoms with Gasteiger partial charge in [-0.3, -0.25) is 4.79 Å². The fraction of sp³-hybridized carbons (Fsp3) is 0.923. The van der Waals surface area contributed by atoms with Gasteiger partial charge in [0.1, 0.15) is 0 Å². The molecule has 2 heterocycles. The Bertz CT molecular complexity index is 296. The number of rotatable bonds is 2. The van der Waals surface area contributed by atoms with E-state index in [9.17, 15) is 4.79 Å². The molecule has 1 spiro atoms. The summed E-state index contributed by atoms with van der Waals surface area (Å²) in [5.74, 6) is 0.318. The van der Waals surface area contributed by atoms with Crippen molar-refractivity contribution < 1.29 is 9.53 Å². The van der Waals surface area contributed by atoms with Crippen molar-refractivity contribution in [3.63, 3.8) is 0 Å². The quantitative estimate of drug-likeness (QED) is 0.748. The summed E-state index contributed by atoms with van der Waals surface area (Å²) in [6, 6.07) is 0.451. The number of amides is 1. The summed E-state index contributed by atoms with van der Waals surface area (Å²) >= 11 is 0. The van der Waals surface area contributed by atoms with Crippen LogP contribution in [0.2, 0.25) is 0 Å². The molecule has 96 valence electrons. The van der Waals surface area contributed by atoms with Gasteiger partial charge in [-0.1, -0.05) is 0 Å². The highest BCUT2D eigenvalue weighted by Crippen LogP contribution is 2.37. The van der Waals surface area contributed by atoms with Gasteiger partial charge in [-0.05, 0) is 51.6 Å². The largest absolute Gasteiger partial charge is 0.374 e. The summed E-state index contributed by atoms with van der Waals surface area (Å²) in [4.78, 5) is 12.1. The number of carbonyl (C=O) groups excluding carboxylic acids is 1. The number of carbonyl (C=O) groups is 1. The molecule has 0 bridgehead atoms. The lowest BCUT2D eigenvalue weighted by atomic mass is 9.85. The molecule has 2 N–H and O–H groups in total. The van der Waals surface area contributed by atoms with Crippen molar-refractivity contribution in [2.45, 2.75) is 50.2 Å². The van der Waals surface area contributed by atoms with Crippen molar-refractivity contribution in [3.05, 3.63) is 0 Å². The van der Waals surface area contributed by atoms with E-state index < -0.39 is 0 Å². The van der Waals surface area contributed by atoms with Gasteiger partial charge >= 0.3 is 0 Å². The molecule has 4 heteroatoms. The van der Waals surface area contributed by atoms with Crippen molar-refractivity contribution in [3.8, 4) is 0 Å². The number of ether oxygens (including phenoxy) is 1. The molecule has 1 atom stereocenters. The summed E-state index contributed by atoms with van der Waals surface area (Å²) < 4.78 is 5.95. The van der Waals surface area contributed by atoms with Crippen molar-refractivity contribution in [2.75, 3.05) is 19.7 Å². The van der Waals surface area contributed by atoms with E-state index in [1.807, 2.05) is 0 Å². The predicted octanol–water partition coefficient (Wildman–Crippen LogP) is 0.814. The standard InChI is InChI=1S/C13H22N2O2/c16-12(15-11-2-1-3-11)10-8-13(17-9-10)4-6-14-7-5-13/h10-11,14H,1-9H2,(H,15,16)/t10-/m1/s1. The zero-order chi connectivity index (χ0) is 11.7. The van der Waals surface area contributed by atoms with Crippen LogP contribution in [0.1, 0.15) is 38.5 Å². The summed E-state index contributed by atoms with van der Waals surface area (Å²) in [6.45, 7) is 2.67. The molecule has 2 aliphatic heterocycles. The summed E-state index contributed by atoms with van der Waals surface area (Å²) in [5.41, 5.74) is 0.00682. The third-order valence-corrected chi connectivity index (χ3v) is 4.55. The summed E-state index contributed by atoms with van der Waals surface area (Å²) in [7, 11) is 0. The number of nitrogens with one attached hydrogen (secondary N) is 2. The normalized spacial score (nSPS) is 32.4. The Balaban J connectivity index is 1.53. The van der Waals surface area contributed by atoms with Gasteiger partial charge in [-0.2, -0.15) is 0 Å². The van der Waals surface area contributed by atoms with E-state index in [1.165, 1.54) is 6.42 Å². The van der Waals surface area contributed by atoms with Crippen molar-refractivity contribution in [1.82, 2.24) is 10.6 Å². The minimum Gasteiger partial charge on any atom is -0.374 e. The second kappa shape index (κ2) is 4.58. The molecule has 3 fully saturated rings. The zero-order valence-corrected chi connectivity index (χ0v) is 10.3. The molecule has 1 saturated carbocycles. The van der Waals surface area contributed by atoms with Gasteiger partial charge in [0.15, 0.2) is 0 Å². The Hall–Kier alpha value is -0.610. The molecule has 4 nitrogen and oxygen atoms in total. The lowest BCUT2D eigenvalue weighted by Gasteiger charge is -2.33. The SMILES string of the molecule is O=C(NC1CCC1)[C@H]1COC2(CCNCC2)C1. The van der Waals surface area contributed by atoms with Crippen molar-refractivity contribution >= 4 is 5.91 Å². The summed E-state index contributed by atoms with van der Waals surface area (Å²) in [6.07, 6.45) is 6.62. The van der Waals surface area contributed by atoms with Gasteiger partial charge in [-0.25, -0.2) is 0 Å². The van der Waals surface area contributed by atoms with Crippen molar-refractivity contribution in [1.29, 1.82) is 0 Å². The van der Waals surface area contributed by atoms with Crippen LogP contribution in [0.3, 0.4) is 0 Å². The van der Waals surface area contributed by atoms with Crippen molar-refractivity contribution in [2.24, 2.45) is 5.92 Å². The van der Waals surface area contributed by atoms with Gasteiger partial charge in [0.05, 0.1) is 18.1 Å². The van der Waals surface area contributed by atoms with Crippen LogP contribution >= 0.6 is 0 Å². The smallest absolute Gasteiger partial charge is 0.225 e. The van der Waals surface area contributed by atoms with E-state index >= 15 is 0 Å². The monoisotopic (exact) mass is 238 g/mol. The molecular formula is C13H22N2O2. The molecule has 0 aromatic heterocycles. The van der Waals surface area contributed by atoms with Crippen LogP contribution in [0.5, 0.6) is 0 Å². The fourth-order valence-corrected chi connectivity index (χ4v) is 3.12. The first-order valence-corrected chi connectivity index (χ1v) is 6.93. The first-order valence-electron chi connectivity index (χ1n) is 6.93. The molecule has 0 radical (unpaired) electrons. The average Bonchev–Trinajstić information content (AvgIpc) is 2.68. The molecular weight excluding hydrogens is 216 g/mol. The Labute approximate surface area is 102 Å². The molecule has 2 saturated heterocycles. The highest BCUT2D eigenvalue weighted by molar-refractivity contribution is 5.79. The van der Waals surface area contributed by atoms with Gasteiger partial charge in [-0.15, -0.1) is 0 Å². The zero-order valence-electron chi connectivity index (χ0n) is 10.3. The lowest BCUT2D eigenvalue weighted by Crippen LogP contribution is -2.44. The van der Waals surface area contributed by atoms with Crippen LogP contribution < -0.4 is 10.6 Å². The molecule has 0 aromatic carbocycles. The average molecular weight is 238 g/mol. The molecule has 1 aliphatic carbocycles. The minimum absolute atomic E-state index is 0.00682. The molecule has 3 aliphatic rings. The van der Waals surface area contributed by atoms with Crippen LogP contribution in [0.4, 0.5) is 0 Å².